The van der Waals surface area contributed by atoms with Crippen molar-refractivity contribution in [1.82, 2.24) is 0 Å². The largest absolute Gasteiger partial charge is 0.622 e. The summed E-state index contributed by atoms with van der Waals surface area (Å²) in [6.45, 7) is 6.54. The smallest absolute Gasteiger partial charge is 0.338 e. The quantitative estimate of drug-likeness (QED) is 0.403. The van der Waals surface area contributed by atoms with E-state index in [1.807, 2.05) is 13.8 Å². The molecule has 88 valence electrons. The minimum absolute atomic E-state index is 0.518. The highest BCUT2D eigenvalue weighted by molar-refractivity contribution is 7.41. The summed E-state index contributed by atoms with van der Waals surface area (Å²) in [4.78, 5) is 0. The molecule has 1 rings (SSSR count). The highest BCUT2D eigenvalue weighted by Crippen LogP contribution is 2.45. The zero-order chi connectivity index (χ0) is 11.3. The first kappa shape index (κ1) is 12.8. The highest BCUT2D eigenvalue weighted by atomic mass is 31.2. The second-order valence-electron chi connectivity index (χ2n) is 3.37. The summed E-state index contributed by atoms with van der Waals surface area (Å²) < 4.78 is 17.0. The molecule has 0 saturated heterocycles. The van der Waals surface area contributed by atoms with Gasteiger partial charge in [-0.05, 0) is 13.8 Å². The van der Waals surface area contributed by atoms with Gasteiger partial charge in [0.15, 0.2) is 6.21 Å². The normalized spacial score (nSPS) is 26.0. The van der Waals surface area contributed by atoms with Gasteiger partial charge < -0.3 is 14.3 Å². The van der Waals surface area contributed by atoms with Crippen LogP contribution in [-0.4, -0.2) is 29.9 Å². The van der Waals surface area contributed by atoms with Crippen LogP contribution in [0.25, 0.3) is 0 Å². The predicted molar refractivity (Wildman–Crippen MR) is 58.6 cm³/mol. The lowest BCUT2D eigenvalue weighted by molar-refractivity contribution is -0.582. The van der Waals surface area contributed by atoms with Crippen molar-refractivity contribution in [2.45, 2.75) is 39.3 Å². The van der Waals surface area contributed by atoms with Gasteiger partial charge in [-0.2, -0.15) is 4.74 Å². The molecule has 1 atom stereocenters. The molecule has 0 saturated carbocycles. The SMILES string of the molecule is CCOP(OCC)O[C@]1(C)CCC=[N+]1[O-]. The predicted octanol–water partition coefficient (Wildman–Crippen LogP) is 2.39. The Hall–Kier alpha value is -0.220. The van der Waals surface area contributed by atoms with E-state index in [2.05, 4.69) is 0 Å². The summed E-state index contributed by atoms with van der Waals surface area (Å²) in [6.07, 6.45) is 3.00. The molecule has 0 aromatic heterocycles. The van der Waals surface area contributed by atoms with Crippen LogP contribution in [0, 0.1) is 5.21 Å². The van der Waals surface area contributed by atoms with E-state index in [-0.39, 0.29) is 0 Å². The Morgan fingerprint density at radius 3 is 2.40 bits per heavy atom. The van der Waals surface area contributed by atoms with Crippen LogP contribution in [0.4, 0.5) is 0 Å². The Morgan fingerprint density at radius 1 is 1.40 bits per heavy atom. The minimum Gasteiger partial charge on any atom is -0.622 e. The Morgan fingerprint density at radius 2 is 2.00 bits per heavy atom. The fraction of sp³-hybridized carbons (Fsp3) is 0.889. The van der Waals surface area contributed by atoms with Gasteiger partial charge in [-0.15, -0.1) is 0 Å². The zero-order valence-corrected chi connectivity index (χ0v) is 10.3. The van der Waals surface area contributed by atoms with E-state index >= 15 is 0 Å². The molecule has 6 heteroatoms. The van der Waals surface area contributed by atoms with E-state index in [1.165, 1.54) is 0 Å². The molecule has 1 aliphatic heterocycles. The monoisotopic (exact) mass is 235 g/mol. The molecule has 0 amide bonds. The molecule has 5 nitrogen and oxygen atoms in total. The Balaban J connectivity index is 2.53. The van der Waals surface area contributed by atoms with Gasteiger partial charge in [0.25, 0.3) is 5.72 Å². The molecule has 0 aromatic carbocycles. The van der Waals surface area contributed by atoms with Crippen molar-refractivity contribution in [2.75, 3.05) is 13.2 Å². The van der Waals surface area contributed by atoms with Crippen LogP contribution in [0.15, 0.2) is 0 Å². The molecule has 1 heterocycles. The third kappa shape index (κ3) is 3.38. The average molecular weight is 235 g/mol. The van der Waals surface area contributed by atoms with Gasteiger partial charge >= 0.3 is 8.60 Å². The number of hydroxylamine groups is 1. The van der Waals surface area contributed by atoms with Crippen molar-refractivity contribution in [2.24, 2.45) is 0 Å². The molecular formula is C9H18NO4P. The molecule has 0 aromatic rings. The van der Waals surface area contributed by atoms with Gasteiger partial charge in [-0.25, -0.2) is 4.52 Å². The summed E-state index contributed by atoms with van der Waals surface area (Å²) in [7, 11) is -1.41. The maximum Gasteiger partial charge on any atom is 0.338 e. The number of nitrogens with zero attached hydrogens (tertiary/aromatic N) is 1. The Labute approximate surface area is 91.6 Å². The lowest BCUT2D eigenvalue weighted by atomic mass is 10.2. The number of hydrogen-bond acceptors (Lipinski definition) is 4. The fourth-order valence-corrected chi connectivity index (χ4v) is 2.39. The van der Waals surface area contributed by atoms with Crippen LogP contribution in [0.3, 0.4) is 0 Å². The summed E-state index contributed by atoms with van der Waals surface area (Å²) in [5.74, 6) is 0. The van der Waals surface area contributed by atoms with E-state index in [1.54, 1.807) is 13.1 Å². The lowest BCUT2D eigenvalue weighted by Gasteiger charge is -2.26. The van der Waals surface area contributed by atoms with Gasteiger partial charge in [0.05, 0.1) is 19.6 Å². The Kier molecular flexibility index (Phi) is 4.93. The van der Waals surface area contributed by atoms with Crippen molar-refractivity contribution in [1.29, 1.82) is 0 Å². The van der Waals surface area contributed by atoms with Gasteiger partial charge in [0.2, 0.25) is 0 Å². The second kappa shape index (κ2) is 5.75. The lowest BCUT2D eigenvalue weighted by Crippen LogP contribution is -2.34. The van der Waals surface area contributed by atoms with Gasteiger partial charge in [0, 0.05) is 13.3 Å². The Bertz CT molecular complexity index is 230. The van der Waals surface area contributed by atoms with Crippen LogP contribution in [0.2, 0.25) is 0 Å². The topological polar surface area (TPSA) is 53.8 Å². The third-order valence-electron chi connectivity index (χ3n) is 2.11. The summed E-state index contributed by atoms with van der Waals surface area (Å²) >= 11 is 0. The number of hydrogen-bond donors (Lipinski definition) is 0. The van der Waals surface area contributed by atoms with Crippen LogP contribution in [-0.2, 0) is 13.6 Å². The molecule has 1 aliphatic rings. The molecule has 0 N–H and O–H groups in total. The average Bonchev–Trinajstić information content (AvgIpc) is 2.48. The first-order chi connectivity index (χ1) is 7.12. The number of rotatable bonds is 6. The summed E-state index contributed by atoms with van der Waals surface area (Å²) in [5.41, 5.74) is -0.823. The minimum atomic E-state index is -1.41. The second-order valence-corrected chi connectivity index (χ2v) is 4.52. The molecule has 0 spiro atoms. The van der Waals surface area contributed by atoms with E-state index in [4.69, 9.17) is 13.6 Å². The highest BCUT2D eigenvalue weighted by Gasteiger charge is 2.41. The molecule has 0 aliphatic carbocycles. The maximum atomic E-state index is 11.5. The molecule has 0 unspecified atom stereocenters. The summed E-state index contributed by atoms with van der Waals surface area (Å²) in [6, 6.07) is 0. The molecule has 0 bridgehead atoms. The summed E-state index contributed by atoms with van der Waals surface area (Å²) in [5, 5.41) is 11.5. The van der Waals surface area contributed by atoms with Crippen LogP contribution >= 0.6 is 8.60 Å². The van der Waals surface area contributed by atoms with Gasteiger partial charge in [-0.1, -0.05) is 0 Å². The van der Waals surface area contributed by atoms with Crippen molar-refractivity contribution >= 4 is 14.8 Å². The van der Waals surface area contributed by atoms with Crippen LogP contribution < -0.4 is 0 Å². The molecule has 0 fully saturated rings. The molecule has 15 heavy (non-hydrogen) atoms. The first-order valence-corrected chi connectivity index (χ1v) is 6.27. The van der Waals surface area contributed by atoms with E-state index in [0.717, 1.165) is 11.2 Å². The van der Waals surface area contributed by atoms with Crippen molar-refractivity contribution in [3.63, 3.8) is 0 Å². The van der Waals surface area contributed by atoms with Gasteiger partial charge in [0.1, 0.15) is 0 Å². The van der Waals surface area contributed by atoms with E-state index in [9.17, 15) is 5.21 Å². The van der Waals surface area contributed by atoms with Gasteiger partial charge in [-0.3, -0.25) is 0 Å². The van der Waals surface area contributed by atoms with Crippen molar-refractivity contribution in [3.8, 4) is 0 Å². The van der Waals surface area contributed by atoms with Crippen LogP contribution in [0.1, 0.15) is 33.6 Å². The first-order valence-electron chi connectivity index (χ1n) is 5.17. The van der Waals surface area contributed by atoms with Crippen molar-refractivity contribution < 1.29 is 18.3 Å². The fourth-order valence-electron chi connectivity index (χ4n) is 1.30. The molecular weight excluding hydrogens is 217 g/mol. The molecule has 0 radical (unpaired) electrons. The maximum absolute atomic E-state index is 11.5. The van der Waals surface area contributed by atoms with Crippen molar-refractivity contribution in [3.05, 3.63) is 5.21 Å². The third-order valence-corrected chi connectivity index (χ3v) is 3.59. The zero-order valence-electron chi connectivity index (χ0n) is 9.43. The standard InChI is InChI=1S/C9H18NO4P/c1-4-12-15(13-5-2)14-9(3)7-6-8-10(9)11/h8H,4-7H2,1-3H3/t9-/m1/s1. The van der Waals surface area contributed by atoms with E-state index in [0.29, 0.717) is 19.6 Å². The van der Waals surface area contributed by atoms with Crippen LogP contribution in [0.5, 0.6) is 0 Å². The van der Waals surface area contributed by atoms with E-state index < -0.39 is 14.3 Å².